The second-order valence-corrected chi connectivity index (χ2v) is 7.67. The minimum atomic E-state index is -0.368. The summed E-state index contributed by atoms with van der Waals surface area (Å²) in [6.07, 6.45) is 3.89. The monoisotopic (exact) mass is 440 g/mol. The minimum Gasteiger partial charge on any atom is -0.465 e. The first-order valence-electron chi connectivity index (χ1n) is 10.5. The lowest BCUT2D eigenvalue weighted by atomic mass is 10.1. The Morgan fingerprint density at radius 1 is 0.909 bits per heavy atom. The summed E-state index contributed by atoms with van der Waals surface area (Å²) in [6, 6.07) is 20.9. The number of fused-ring (bicyclic) bond motifs is 1. The predicted molar refractivity (Wildman–Crippen MR) is 129 cm³/mol. The molecule has 0 amide bonds. The van der Waals surface area contributed by atoms with E-state index in [1.165, 1.54) is 14.2 Å². The molecule has 0 N–H and O–H groups in total. The van der Waals surface area contributed by atoms with Crippen LogP contribution in [0.2, 0.25) is 0 Å². The molecule has 1 aromatic heterocycles. The normalized spacial score (nSPS) is 11.1. The number of methoxy groups -OCH3 is 2. The van der Waals surface area contributed by atoms with Crippen molar-refractivity contribution in [3.8, 4) is 0 Å². The van der Waals surface area contributed by atoms with Gasteiger partial charge in [-0.1, -0.05) is 30.3 Å². The smallest absolute Gasteiger partial charge is 0.337 e. The van der Waals surface area contributed by atoms with Gasteiger partial charge in [0.25, 0.3) is 0 Å². The van der Waals surface area contributed by atoms with Crippen LogP contribution in [-0.4, -0.2) is 36.9 Å². The highest BCUT2D eigenvalue weighted by atomic mass is 16.5. The summed E-state index contributed by atoms with van der Waals surface area (Å²) in [7, 11) is 2.75. The number of benzene rings is 3. The Balaban J connectivity index is 1.66. The van der Waals surface area contributed by atoms with Crippen molar-refractivity contribution in [2.45, 2.75) is 13.5 Å². The second kappa shape index (κ2) is 9.53. The molecular formula is C27H24N2O4. The molecule has 4 aromatic rings. The zero-order valence-corrected chi connectivity index (χ0v) is 18.7. The van der Waals surface area contributed by atoms with Gasteiger partial charge in [-0.3, -0.25) is 4.99 Å². The highest BCUT2D eigenvalue weighted by Crippen LogP contribution is 2.24. The SMILES string of the molecule is COC(=O)c1cccc(Cn2cc(C=Nc3ccc(C(=O)OC)cc3C)c3ccccc32)c1. The van der Waals surface area contributed by atoms with Gasteiger partial charge in [-0.2, -0.15) is 0 Å². The summed E-state index contributed by atoms with van der Waals surface area (Å²) in [5.74, 6) is -0.719. The van der Waals surface area contributed by atoms with Gasteiger partial charge in [0.2, 0.25) is 0 Å². The summed E-state index contributed by atoms with van der Waals surface area (Å²) in [4.78, 5) is 28.3. The summed E-state index contributed by atoms with van der Waals surface area (Å²) in [5.41, 5.74) is 5.74. The lowest BCUT2D eigenvalue weighted by molar-refractivity contribution is 0.0592. The Hall–Kier alpha value is -4.19. The summed E-state index contributed by atoms with van der Waals surface area (Å²) >= 11 is 0. The third-order valence-corrected chi connectivity index (χ3v) is 5.48. The van der Waals surface area contributed by atoms with Crippen molar-refractivity contribution in [2.24, 2.45) is 4.99 Å². The van der Waals surface area contributed by atoms with E-state index >= 15 is 0 Å². The minimum absolute atomic E-state index is 0.351. The van der Waals surface area contributed by atoms with Crippen LogP contribution in [0.3, 0.4) is 0 Å². The van der Waals surface area contributed by atoms with Crippen LogP contribution >= 0.6 is 0 Å². The van der Waals surface area contributed by atoms with Crippen LogP contribution in [0.5, 0.6) is 0 Å². The van der Waals surface area contributed by atoms with E-state index in [0.717, 1.165) is 33.3 Å². The van der Waals surface area contributed by atoms with E-state index in [1.807, 2.05) is 49.5 Å². The van der Waals surface area contributed by atoms with Crippen LogP contribution in [0.15, 0.2) is 77.9 Å². The first kappa shape index (κ1) is 22.0. The molecule has 0 aliphatic carbocycles. The number of aromatic nitrogens is 1. The molecule has 1 heterocycles. The summed E-state index contributed by atoms with van der Waals surface area (Å²) in [6.45, 7) is 2.52. The number of rotatable bonds is 6. The molecule has 0 saturated heterocycles. The van der Waals surface area contributed by atoms with Crippen LogP contribution in [0, 0.1) is 6.92 Å². The molecule has 166 valence electrons. The molecule has 6 nitrogen and oxygen atoms in total. The number of esters is 2. The number of para-hydroxylation sites is 1. The lowest BCUT2D eigenvalue weighted by Crippen LogP contribution is -2.03. The van der Waals surface area contributed by atoms with E-state index in [2.05, 4.69) is 27.9 Å². The second-order valence-electron chi connectivity index (χ2n) is 7.67. The Morgan fingerprint density at radius 3 is 2.36 bits per heavy atom. The molecule has 3 aromatic carbocycles. The van der Waals surface area contributed by atoms with Crippen LogP contribution < -0.4 is 0 Å². The van der Waals surface area contributed by atoms with E-state index in [9.17, 15) is 9.59 Å². The summed E-state index contributed by atoms with van der Waals surface area (Å²) < 4.78 is 11.8. The number of carbonyl (C=O) groups excluding carboxylic acids is 2. The Morgan fingerprint density at radius 2 is 1.64 bits per heavy atom. The van der Waals surface area contributed by atoms with Crippen LogP contribution in [0.25, 0.3) is 10.9 Å². The van der Waals surface area contributed by atoms with E-state index in [1.54, 1.807) is 18.2 Å². The predicted octanol–water partition coefficient (Wildman–Crippen LogP) is 5.32. The van der Waals surface area contributed by atoms with Crippen molar-refractivity contribution in [1.82, 2.24) is 4.57 Å². The quantitative estimate of drug-likeness (QED) is 0.300. The number of hydrogen-bond donors (Lipinski definition) is 0. The molecule has 0 bridgehead atoms. The fourth-order valence-corrected chi connectivity index (χ4v) is 3.80. The van der Waals surface area contributed by atoms with E-state index in [0.29, 0.717) is 17.7 Å². The Kier molecular flexibility index (Phi) is 6.36. The molecule has 6 heteroatoms. The van der Waals surface area contributed by atoms with Gasteiger partial charge < -0.3 is 14.0 Å². The third kappa shape index (κ3) is 4.70. The molecule has 0 unspecified atom stereocenters. The molecule has 33 heavy (non-hydrogen) atoms. The molecule has 0 aliphatic rings. The average molecular weight is 440 g/mol. The van der Waals surface area contributed by atoms with Crippen molar-refractivity contribution in [3.05, 3.63) is 101 Å². The first-order chi connectivity index (χ1) is 16.0. The van der Waals surface area contributed by atoms with Crippen molar-refractivity contribution in [1.29, 1.82) is 0 Å². The maximum Gasteiger partial charge on any atom is 0.337 e. The number of nitrogens with zero attached hydrogens (tertiary/aromatic N) is 2. The van der Waals surface area contributed by atoms with Gasteiger partial charge in [0.05, 0.1) is 31.0 Å². The largest absolute Gasteiger partial charge is 0.465 e. The zero-order chi connectivity index (χ0) is 23.4. The maximum absolute atomic E-state index is 11.9. The summed E-state index contributed by atoms with van der Waals surface area (Å²) in [5, 5.41) is 1.08. The van der Waals surface area contributed by atoms with Crippen LogP contribution in [0.4, 0.5) is 5.69 Å². The van der Waals surface area contributed by atoms with Gasteiger partial charge in [0, 0.05) is 35.4 Å². The van der Waals surface area contributed by atoms with E-state index in [-0.39, 0.29) is 11.9 Å². The maximum atomic E-state index is 11.9. The third-order valence-electron chi connectivity index (χ3n) is 5.48. The number of aliphatic imine (C=N–C) groups is 1. The van der Waals surface area contributed by atoms with Gasteiger partial charge in [0.1, 0.15) is 0 Å². The van der Waals surface area contributed by atoms with E-state index < -0.39 is 0 Å². The number of ether oxygens (including phenoxy) is 2. The van der Waals surface area contributed by atoms with Crippen LogP contribution in [-0.2, 0) is 16.0 Å². The van der Waals surface area contributed by atoms with Gasteiger partial charge in [-0.25, -0.2) is 9.59 Å². The molecule has 4 rings (SSSR count). The fraction of sp³-hybridized carbons (Fsp3) is 0.148. The molecule has 0 fully saturated rings. The highest BCUT2D eigenvalue weighted by molar-refractivity contribution is 6.00. The van der Waals surface area contributed by atoms with Crippen molar-refractivity contribution >= 4 is 34.7 Å². The fourth-order valence-electron chi connectivity index (χ4n) is 3.80. The van der Waals surface area contributed by atoms with Crippen molar-refractivity contribution in [3.63, 3.8) is 0 Å². The van der Waals surface area contributed by atoms with Gasteiger partial charge in [-0.15, -0.1) is 0 Å². The standard InChI is InChI=1S/C27H24N2O4/c1-18-13-21(27(31)33-3)11-12-24(18)28-15-22-17-29(25-10-5-4-9-23(22)25)16-19-7-6-8-20(14-19)26(30)32-2/h4-15,17H,16H2,1-3H3. The topological polar surface area (TPSA) is 69.9 Å². The highest BCUT2D eigenvalue weighted by Gasteiger charge is 2.11. The van der Waals surface area contributed by atoms with Gasteiger partial charge in [-0.05, 0) is 54.4 Å². The molecule has 0 aliphatic heterocycles. The van der Waals surface area contributed by atoms with Crippen molar-refractivity contribution in [2.75, 3.05) is 14.2 Å². The van der Waals surface area contributed by atoms with Gasteiger partial charge >= 0.3 is 11.9 Å². The average Bonchev–Trinajstić information content (AvgIpc) is 3.19. The molecule has 0 saturated carbocycles. The Labute approximate surface area is 192 Å². The van der Waals surface area contributed by atoms with Crippen molar-refractivity contribution < 1.29 is 19.1 Å². The molecule has 0 radical (unpaired) electrons. The first-order valence-corrected chi connectivity index (χ1v) is 10.5. The number of aryl methyl sites for hydroxylation is 1. The molecular weight excluding hydrogens is 416 g/mol. The lowest BCUT2D eigenvalue weighted by Gasteiger charge is -2.07. The molecule has 0 spiro atoms. The van der Waals surface area contributed by atoms with Crippen LogP contribution in [0.1, 0.15) is 37.4 Å². The van der Waals surface area contributed by atoms with E-state index in [4.69, 9.17) is 9.47 Å². The molecule has 0 atom stereocenters. The number of hydrogen-bond acceptors (Lipinski definition) is 5. The van der Waals surface area contributed by atoms with Gasteiger partial charge in [0.15, 0.2) is 0 Å². The Bertz CT molecular complexity index is 1370. The number of carbonyl (C=O) groups is 2. The zero-order valence-electron chi connectivity index (χ0n) is 18.7.